The normalized spacial score (nSPS) is 32.6. The van der Waals surface area contributed by atoms with E-state index in [-0.39, 0.29) is 12.1 Å². The average molecular weight is 581 g/mol. The molecule has 4 aliphatic carbocycles. The number of para-hydroxylation sites is 2. The second-order valence-electron chi connectivity index (χ2n) is 13.2. The minimum Gasteiger partial charge on any atom is -0.390 e. The largest absolute Gasteiger partial charge is 0.390 e. The van der Waals surface area contributed by atoms with Gasteiger partial charge in [-0.3, -0.25) is 4.90 Å². The number of hydrogen-bond donors (Lipinski definition) is 3. The topological polar surface area (TPSA) is 113 Å². The minimum atomic E-state index is -3.26. The molecule has 8 rings (SSSR count). The van der Waals surface area contributed by atoms with Crippen molar-refractivity contribution in [1.82, 2.24) is 9.62 Å². The van der Waals surface area contributed by atoms with Gasteiger partial charge in [-0.05, 0) is 92.5 Å². The lowest BCUT2D eigenvalue weighted by Crippen LogP contribution is -2.63. The molecule has 4 bridgehead atoms. The van der Waals surface area contributed by atoms with E-state index in [1.165, 1.54) is 10.6 Å². The molecule has 5 fully saturated rings. The predicted octanol–water partition coefficient (Wildman–Crippen LogP) is 3.54. The standard InChI is InChI=1S/C31H40N4O5S/c1-41(39,40)33-12-10-31(38,11-13-33)24-6-8-25(9-7-24)34-14-15-35(27-5-3-2-4-26(27)34)29(36)32-28-22-16-21-17-23(28)20-30(37,18-21)19-22/h2-9,21-23,28,37-38H,10-20H2,1H3,(H,32,36)/t21?,22-,23-,28?,30?/m0/s1. The maximum absolute atomic E-state index is 13.7. The first-order valence-corrected chi connectivity index (χ1v) is 16.8. The van der Waals surface area contributed by atoms with Crippen molar-refractivity contribution in [3.8, 4) is 0 Å². The molecule has 41 heavy (non-hydrogen) atoms. The van der Waals surface area contributed by atoms with Crippen LogP contribution in [0.1, 0.15) is 50.5 Å². The smallest absolute Gasteiger partial charge is 0.322 e. The molecule has 2 amide bonds. The second-order valence-corrected chi connectivity index (χ2v) is 15.2. The van der Waals surface area contributed by atoms with E-state index in [2.05, 4.69) is 10.2 Å². The van der Waals surface area contributed by atoms with Crippen LogP contribution in [-0.4, -0.2) is 73.0 Å². The summed E-state index contributed by atoms with van der Waals surface area (Å²) in [7, 11) is -3.26. The Bertz CT molecular complexity index is 1420. The van der Waals surface area contributed by atoms with Gasteiger partial charge in [0.05, 0.1) is 28.8 Å². The molecule has 6 aliphatic rings. The molecular weight excluding hydrogens is 540 g/mol. The predicted molar refractivity (Wildman–Crippen MR) is 158 cm³/mol. The van der Waals surface area contributed by atoms with Gasteiger partial charge in [0, 0.05) is 37.9 Å². The summed E-state index contributed by atoms with van der Waals surface area (Å²) >= 11 is 0. The van der Waals surface area contributed by atoms with Crippen LogP contribution in [-0.2, 0) is 15.6 Å². The van der Waals surface area contributed by atoms with E-state index >= 15 is 0 Å². The molecule has 1 saturated heterocycles. The van der Waals surface area contributed by atoms with Gasteiger partial charge < -0.3 is 20.4 Å². The van der Waals surface area contributed by atoms with E-state index in [1.807, 2.05) is 53.4 Å². The van der Waals surface area contributed by atoms with Crippen LogP contribution >= 0.6 is 0 Å². The van der Waals surface area contributed by atoms with Crippen LogP contribution < -0.4 is 15.1 Å². The number of nitrogens with one attached hydrogen (secondary N) is 1. The molecule has 2 aliphatic heterocycles. The summed E-state index contributed by atoms with van der Waals surface area (Å²) < 4.78 is 25.2. The molecule has 0 radical (unpaired) electrons. The lowest BCUT2D eigenvalue weighted by Gasteiger charge is -2.58. The highest BCUT2D eigenvalue weighted by atomic mass is 32.2. The number of carbonyl (C=O) groups is 1. The number of amides is 2. The van der Waals surface area contributed by atoms with E-state index in [9.17, 15) is 23.4 Å². The Morgan fingerprint density at radius 2 is 1.51 bits per heavy atom. The lowest BCUT2D eigenvalue weighted by molar-refractivity contribution is -0.136. The lowest BCUT2D eigenvalue weighted by atomic mass is 9.52. The van der Waals surface area contributed by atoms with Crippen molar-refractivity contribution < 1.29 is 23.4 Å². The molecule has 2 aromatic rings. The van der Waals surface area contributed by atoms with Crippen LogP contribution in [0.5, 0.6) is 0 Å². The summed E-state index contributed by atoms with van der Waals surface area (Å²) in [6.07, 6.45) is 6.67. The number of carbonyl (C=O) groups excluding carboxylic acids is 1. The van der Waals surface area contributed by atoms with Gasteiger partial charge in [0.1, 0.15) is 0 Å². The van der Waals surface area contributed by atoms with Crippen molar-refractivity contribution >= 4 is 33.1 Å². The summed E-state index contributed by atoms with van der Waals surface area (Å²) in [5.41, 5.74) is 2.03. The molecular formula is C31H40N4O5S. The first-order chi connectivity index (χ1) is 19.5. The number of hydrogen-bond acceptors (Lipinski definition) is 6. The summed E-state index contributed by atoms with van der Waals surface area (Å²) in [6.45, 7) is 1.79. The van der Waals surface area contributed by atoms with E-state index in [0.717, 1.165) is 54.7 Å². The van der Waals surface area contributed by atoms with Crippen molar-refractivity contribution in [3.05, 3.63) is 54.1 Å². The van der Waals surface area contributed by atoms with Crippen LogP contribution in [0.2, 0.25) is 0 Å². The fourth-order valence-corrected chi connectivity index (χ4v) is 9.55. The Labute approximate surface area is 242 Å². The van der Waals surface area contributed by atoms with Gasteiger partial charge in [0.15, 0.2) is 0 Å². The summed E-state index contributed by atoms with van der Waals surface area (Å²) in [4.78, 5) is 17.7. The van der Waals surface area contributed by atoms with Crippen LogP contribution in [0.4, 0.5) is 21.9 Å². The van der Waals surface area contributed by atoms with Gasteiger partial charge in [0.2, 0.25) is 10.0 Å². The third-order valence-corrected chi connectivity index (χ3v) is 11.8. The molecule has 9 nitrogen and oxygen atoms in total. The highest BCUT2D eigenvalue weighted by Gasteiger charge is 2.55. The SMILES string of the molecule is CS(=O)(=O)N1CCC(O)(c2ccc(N3CCN(C(=O)NC4[C@H]5CC6C[C@H]4CC(O)(C6)C5)c4ccccc43)cc2)CC1. The zero-order valence-electron chi connectivity index (χ0n) is 23.6. The van der Waals surface area contributed by atoms with E-state index in [4.69, 9.17) is 0 Å². The highest BCUT2D eigenvalue weighted by Crippen LogP contribution is 2.55. The molecule has 2 atom stereocenters. The first-order valence-electron chi connectivity index (χ1n) is 15.0. The van der Waals surface area contributed by atoms with Crippen molar-refractivity contribution in [2.45, 2.75) is 62.2 Å². The molecule has 220 valence electrons. The molecule has 2 heterocycles. The number of benzene rings is 2. The van der Waals surface area contributed by atoms with E-state index < -0.39 is 21.2 Å². The summed E-state index contributed by atoms with van der Waals surface area (Å²) in [6, 6.07) is 15.9. The number of urea groups is 1. The van der Waals surface area contributed by atoms with Gasteiger partial charge in [-0.15, -0.1) is 0 Å². The Balaban J connectivity index is 1.06. The van der Waals surface area contributed by atoms with Crippen molar-refractivity contribution in [2.75, 3.05) is 42.2 Å². The van der Waals surface area contributed by atoms with Gasteiger partial charge in [-0.25, -0.2) is 17.5 Å². The van der Waals surface area contributed by atoms with E-state index in [1.54, 1.807) is 0 Å². The van der Waals surface area contributed by atoms with Crippen molar-refractivity contribution in [1.29, 1.82) is 0 Å². The molecule has 10 heteroatoms. The Morgan fingerprint density at radius 1 is 0.878 bits per heavy atom. The van der Waals surface area contributed by atoms with Crippen molar-refractivity contribution in [3.63, 3.8) is 0 Å². The Morgan fingerprint density at radius 3 is 2.12 bits per heavy atom. The van der Waals surface area contributed by atoms with Crippen LogP contribution in [0.15, 0.2) is 48.5 Å². The molecule has 4 saturated carbocycles. The third-order valence-electron chi connectivity index (χ3n) is 10.5. The fraction of sp³-hybridized carbons (Fsp3) is 0.581. The zero-order valence-corrected chi connectivity index (χ0v) is 24.4. The zero-order chi connectivity index (χ0) is 28.6. The van der Waals surface area contributed by atoms with E-state index in [0.29, 0.717) is 56.8 Å². The molecule has 2 aromatic carbocycles. The van der Waals surface area contributed by atoms with Gasteiger partial charge in [-0.1, -0.05) is 24.3 Å². The van der Waals surface area contributed by atoms with Crippen LogP contribution in [0, 0.1) is 17.8 Å². The summed E-state index contributed by atoms with van der Waals surface area (Å²) in [5.74, 6) is 1.32. The maximum atomic E-state index is 13.7. The molecule has 0 unspecified atom stereocenters. The van der Waals surface area contributed by atoms with Gasteiger partial charge >= 0.3 is 6.03 Å². The first kappa shape index (κ1) is 27.2. The number of fused-ring (bicyclic) bond motifs is 1. The third kappa shape index (κ3) is 4.82. The average Bonchev–Trinajstić information content (AvgIpc) is 2.93. The Kier molecular flexibility index (Phi) is 6.43. The Hall–Kier alpha value is -2.66. The number of piperidine rings is 1. The molecule has 3 N–H and O–H groups in total. The van der Waals surface area contributed by atoms with Crippen molar-refractivity contribution in [2.24, 2.45) is 17.8 Å². The second kappa shape index (κ2) is 9.69. The number of rotatable bonds is 4. The minimum absolute atomic E-state index is 0.0560. The van der Waals surface area contributed by atoms with Crippen LogP contribution in [0.3, 0.4) is 0 Å². The van der Waals surface area contributed by atoms with Gasteiger partial charge in [-0.2, -0.15) is 0 Å². The summed E-state index contributed by atoms with van der Waals surface area (Å²) in [5, 5.41) is 25.6. The highest BCUT2D eigenvalue weighted by molar-refractivity contribution is 7.88. The van der Waals surface area contributed by atoms with Crippen LogP contribution in [0.25, 0.3) is 0 Å². The number of nitrogens with zero attached hydrogens (tertiary/aromatic N) is 3. The molecule has 0 spiro atoms. The fourth-order valence-electron chi connectivity index (χ4n) is 8.71. The number of anilines is 3. The number of sulfonamides is 1. The monoisotopic (exact) mass is 580 g/mol. The quantitative estimate of drug-likeness (QED) is 0.510. The maximum Gasteiger partial charge on any atom is 0.322 e. The number of aliphatic hydroxyl groups is 2. The molecule has 0 aromatic heterocycles. The van der Waals surface area contributed by atoms with Gasteiger partial charge in [0.25, 0.3) is 0 Å².